The maximum absolute atomic E-state index is 11.4. The molecule has 0 bridgehead atoms. The molecule has 0 amide bonds. The van der Waals surface area contributed by atoms with Crippen LogP contribution in [-0.4, -0.2) is 36.6 Å². The number of esters is 1. The highest BCUT2D eigenvalue weighted by Crippen LogP contribution is 2.12. The van der Waals surface area contributed by atoms with Crippen LogP contribution in [0.4, 0.5) is 0 Å². The summed E-state index contributed by atoms with van der Waals surface area (Å²) in [4.78, 5) is 11.4. The average Bonchev–Trinajstić information content (AvgIpc) is 1.95. The van der Waals surface area contributed by atoms with Crippen molar-refractivity contribution >= 4 is 5.97 Å². The molecule has 0 saturated heterocycles. The molecule has 5 heteroatoms. The van der Waals surface area contributed by atoms with Crippen LogP contribution in [0.2, 0.25) is 0 Å². The van der Waals surface area contributed by atoms with Gasteiger partial charge < -0.3 is 20.3 Å². The van der Waals surface area contributed by atoms with Crippen molar-refractivity contribution in [3.63, 3.8) is 0 Å². The Bertz CT molecular complexity index is 186. The average molecular weight is 205 g/mol. The molecule has 0 aliphatic carbocycles. The van der Waals surface area contributed by atoms with Crippen LogP contribution in [0.15, 0.2) is 0 Å². The maximum atomic E-state index is 11.4. The molecule has 1 unspecified atom stereocenters. The molecule has 0 radical (unpaired) electrons. The van der Waals surface area contributed by atoms with Crippen molar-refractivity contribution in [1.29, 1.82) is 0 Å². The van der Waals surface area contributed by atoms with Crippen LogP contribution < -0.4 is 5.73 Å². The third-order valence-corrected chi connectivity index (χ3v) is 1.47. The number of aliphatic hydroxyl groups is 1. The number of hydrogen-bond donors (Lipinski definition) is 2. The molecule has 0 spiro atoms. The summed E-state index contributed by atoms with van der Waals surface area (Å²) in [5.41, 5.74) is 4.63. The fraction of sp³-hybridized carbons (Fsp3) is 0.889. The van der Waals surface area contributed by atoms with Gasteiger partial charge in [0.2, 0.25) is 0 Å². The first-order chi connectivity index (χ1) is 6.28. The molecule has 0 heterocycles. The molecule has 14 heavy (non-hydrogen) atoms. The molecule has 2 atom stereocenters. The first kappa shape index (κ1) is 13.4. The Balaban J connectivity index is 4.30. The highest BCUT2D eigenvalue weighted by atomic mass is 16.6. The lowest BCUT2D eigenvalue weighted by atomic mass is 10.1. The smallest absolute Gasteiger partial charge is 0.315 e. The Kier molecular flexibility index (Phi) is 5.04. The van der Waals surface area contributed by atoms with Crippen LogP contribution in [-0.2, 0) is 14.3 Å². The normalized spacial score (nSPS) is 16.1. The van der Waals surface area contributed by atoms with Gasteiger partial charge in [-0.2, -0.15) is 0 Å². The highest BCUT2D eigenvalue weighted by molar-refractivity contribution is 5.73. The fourth-order valence-corrected chi connectivity index (χ4v) is 0.863. The highest BCUT2D eigenvalue weighted by Gasteiger charge is 2.29. The number of ether oxygens (including phenoxy) is 2. The zero-order valence-corrected chi connectivity index (χ0v) is 9.11. The van der Waals surface area contributed by atoms with Gasteiger partial charge in [0, 0.05) is 7.11 Å². The Morgan fingerprint density at radius 3 is 2.29 bits per heavy atom. The summed E-state index contributed by atoms with van der Waals surface area (Å²) in [5, 5.41) is 9.11. The van der Waals surface area contributed by atoms with Crippen molar-refractivity contribution in [1.82, 2.24) is 0 Å². The molecule has 0 saturated carbocycles. The van der Waals surface area contributed by atoms with E-state index in [1.54, 1.807) is 20.8 Å². The lowest BCUT2D eigenvalue weighted by Crippen LogP contribution is -2.41. The molecular weight excluding hydrogens is 186 g/mol. The predicted octanol–water partition coefficient (Wildman–Crippen LogP) is -0.132. The molecule has 0 aliphatic heterocycles. The molecule has 0 aliphatic rings. The topological polar surface area (TPSA) is 81.8 Å². The summed E-state index contributed by atoms with van der Waals surface area (Å²) in [7, 11) is 1.43. The largest absolute Gasteiger partial charge is 0.460 e. The van der Waals surface area contributed by atoms with Crippen LogP contribution in [0, 0.1) is 5.92 Å². The van der Waals surface area contributed by atoms with Gasteiger partial charge in [0.25, 0.3) is 0 Å². The van der Waals surface area contributed by atoms with Crippen molar-refractivity contribution in [3.8, 4) is 0 Å². The molecule has 0 aromatic heterocycles. The van der Waals surface area contributed by atoms with Crippen LogP contribution in [0.5, 0.6) is 0 Å². The van der Waals surface area contributed by atoms with E-state index in [2.05, 4.69) is 0 Å². The molecule has 84 valence electrons. The van der Waals surface area contributed by atoms with Gasteiger partial charge in [0.15, 0.2) is 0 Å². The van der Waals surface area contributed by atoms with E-state index < -0.39 is 23.7 Å². The van der Waals surface area contributed by atoms with E-state index >= 15 is 0 Å². The van der Waals surface area contributed by atoms with E-state index in [0.717, 1.165) is 0 Å². The van der Waals surface area contributed by atoms with E-state index in [1.807, 2.05) is 0 Å². The number of methoxy groups -OCH3 is 1. The summed E-state index contributed by atoms with van der Waals surface area (Å²) in [6.45, 7) is 5.29. The second-order valence-corrected chi connectivity index (χ2v) is 4.09. The monoisotopic (exact) mass is 205 g/mol. The third kappa shape index (κ3) is 5.16. The van der Waals surface area contributed by atoms with Crippen molar-refractivity contribution in [2.75, 3.05) is 13.7 Å². The van der Waals surface area contributed by atoms with Crippen LogP contribution >= 0.6 is 0 Å². The first-order valence-electron chi connectivity index (χ1n) is 4.43. The number of aliphatic hydroxyl groups excluding tert-OH is 1. The number of carbonyl (C=O) groups excluding carboxylic acids is 1. The number of hydrogen-bond acceptors (Lipinski definition) is 5. The van der Waals surface area contributed by atoms with Gasteiger partial charge in [0.05, 0.1) is 6.61 Å². The van der Waals surface area contributed by atoms with Gasteiger partial charge in [-0.15, -0.1) is 0 Å². The van der Waals surface area contributed by atoms with Crippen LogP contribution in [0.25, 0.3) is 0 Å². The first-order valence-corrected chi connectivity index (χ1v) is 4.43. The molecule has 0 rings (SSSR count). The minimum atomic E-state index is -1.26. The summed E-state index contributed by atoms with van der Waals surface area (Å²) in [6.07, 6.45) is -1.26. The molecule has 3 N–H and O–H groups in total. The van der Waals surface area contributed by atoms with Gasteiger partial charge in [-0.1, -0.05) is 0 Å². The second-order valence-electron chi connectivity index (χ2n) is 4.09. The van der Waals surface area contributed by atoms with Crippen molar-refractivity contribution in [2.45, 2.75) is 32.6 Å². The minimum absolute atomic E-state index is 0.0482. The Morgan fingerprint density at radius 1 is 1.50 bits per heavy atom. The van der Waals surface area contributed by atoms with E-state index in [-0.39, 0.29) is 6.61 Å². The summed E-state index contributed by atoms with van der Waals surface area (Å²) >= 11 is 0. The van der Waals surface area contributed by atoms with E-state index in [1.165, 1.54) is 7.11 Å². The van der Waals surface area contributed by atoms with Crippen molar-refractivity contribution in [3.05, 3.63) is 0 Å². The van der Waals surface area contributed by atoms with E-state index in [9.17, 15) is 4.79 Å². The standard InChI is InChI=1S/C9H19NO4/c1-9(2,3)14-8(12)6(5-13-4)7(10)11/h6-7,11H,5,10H2,1-4H3/t6?,7-/m0/s1. The number of rotatable bonds is 4. The summed E-state index contributed by atoms with van der Waals surface area (Å²) in [6, 6.07) is 0. The third-order valence-electron chi connectivity index (χ3n) is 1.47. The Labute approximate surface area is 84.2 Å². The molecule has 0 fully saturated rings. The van der Waals surface area contributed by atoms with Crippen LogP contribution in [0.3, 0.4) is 0 Å². The Morgan fingerprint density at radius 2 is 2.00 bits per heavy atom. The molecular formula is C9H19NO4. The molecule has 0 aromatic rings. The minimum Gasteiger partial charge on any atom is -0.460 e. The Hall–Kier alpha value is -0.650. The second kappa shape index (κ2) is 5.29. The molecule has 5 nitrogen and oxygen atoms in total. The molecule has 0 aromatic carbocycles. The van der Waals surface area contributed by atoms with Gasteiger partial charge in [0.1, 0.15) is 17.7 Å². The maximum Gasteiger partial charge on any atom is 0.315 e. The predicted molar refractivity (Wildman–Crippen MR) is 51.4 cm³/mol. The quantitative estimate of drug-likeness (QED) is 0.493. The lowest BCUT2D eigenvalue weighted by molar-refractivity contribution is -0.166. The van der Waals surface area contributed by atoms with Gasteiger partial charge in [-0.3, -0.25) is 4.79 Å². The zero-order valence-electron chi connectivity index (χ0n) is 9.11. The summed E-state index contributed by atoms with van der Waals surface area (Å²) in [5.74, 6) is -1.38. The van der Waals surface area contributed by atoms with Gasteiger partial charge in [-0.05, 0) is 20.8 Å². The SMILES string of the molecule is COCC(C(=O)OC(C)(C)C)[C@@H](N)O. The lowest BCUT2D eigenvalue weighted by Gasteiger charge is -2.24. The van der Waals surface area contributed by atoms with E-state index in [0.29, 0.717) is 0 Å². The van der Waals surface area contributed by atoms with Crippen LogP contribution in [0.1, 0.15) is 20.8 Å². The summed E-state index contributed by atoms with van der Waals surface area (Å²) < 4.78 is 9.81. The number of carbonyl (C=O) groups is 1. The fourth-order valence-electron chi connectivity index (χ4n) is 0.863. The number of nitrogens with two attached hydrogens (primary N) is 1. The van der Waals surface area contributed by atoms with E-state index in [4.69, 9.17) is 20.3 Å². The van der Waals surface area contributed by atoms with Gasteiger partial charge in [-0.25, -0.2) is 0 Å². The van der Waals surface area contributed by atoms with Crippen molar-refractivity contribution in [2.24, 2.45) is 11.7 Å². The zero-order chi connectivity index (χ0) is 11.4. The van der Waals surface area contributed by atoms with Crippen molar-refractivity contribution < 1.29 is 19.4 Å². The van der Waals surface area contributed by atoms with Gasteiger partial charge >= 0.3 is 5.97 Å².